The van der Waals surface area contributed by atoms with E-state index in [9.17, 15) is 13.2 Å². The Labute approximate surface area is 164 Å². The molecule has 8 heteroatoms. The molecule has 6 nitrogen and oxygen atoms in total. The average molecular weight is 409 g/mol. The van der Waals surface area contributed by atoms with E-state index in [0.717, 1.165) is 16.4 Å². The highest BCUT2D eigenvalue weighted by Gasteiger charge is 2.28. The van der Waals surface area contributed by atoms with E-state index in [4.69, 9.17) is 4.42 Å². The lowest BCUT2D eigenvalue weighted by Crippen LogP contribution is -2.36. The number of aryl methyl sites for hydroxylation is 1. The summed E-state index contributed by atoms with van der Waals surface area (Å²) < 4.78 is 32.9. The minimum atomic E-state index is -3.66. The maximum Gasteiger partial charge on any atom is 0.243 e. The van der Waals surface area contributed by atoms with Gasteiger partial charge < -0.3 is 9.32 Å². The standard InChI is InChI=1S/C19H24N2O4S2/c1-14(6-7-16-5-4-11-25-16)20(3)27(23,24)17-8-9-19-18(13-17)21(15(2)22)10-12-26-19/h4-5,8-9,11,13-14H,6-7,10,12H2,1-3H3. The zero-order valence-electron chi connectivity index (χ0n) is 15.7. The number of thioether (sulfide) groups is 1. The van der Waals surface area contributed by atoms with Crippen LogP contribution in [0.3, 0.4) is 0 Å². The zero-order valence-corrected chi connectivity index (χ0v) is 17.3. The van der Waals surface area contributed by atoms with E-state index in [1.807, 2.05) is 19.1 Å². The Morgan fingerprint density at radius 1 is 1.37 bits per heavy atom. The van der Waals surface area contributed by atoms with E-state index in [1.54, 1.807) is 48.2 Å². The lowest BCUT2D eigenvalue weighted by molar-refractivity contribution is -0.116. The van der Waals surface area contributed by atoms with Gasteiger partial charge in [-0.1, -0.05) is 0 Å². The normalized spacial score (nSPS) is 15.6. The van der Waals surface area contributed by atoms with Crippen LogP contribution in [-0.4, -0.2) is 44.0 Å². The van der Waals surface area contributed by atoms with Gasteiger partial charge in [-0.15, -0.1) is 11.8 Å². The van der Waals surface area contributed by atoms with Crippen LogP contribution >= 0.6 is 11.8 Å². The van der Waals surface area contributed by atoms with E-state index in [0.29, 0.717) is 25.1 Å². The molecule has 2 aromatic rings. The number of hydrogen-bond donors (Lipinski definition) is 0. The molecule has 1 aromatic heterocycles. The number of nitrogens with zero attached hydrogens (tertiary/aromatic N) is 2. The van der Waals surface area contributed by atoms with Gasteiger partial charge in [0.1, 0.15) is 5.76 Å². The van der Waals surface area contributed by atoms with Gasteiger partial charge in [0.05, 0.1) is 16.8 Å². The van der Waals surface area contributed by atoms with E-state index in [2.05, 4.69) is 0 Å². The number of anilines is 1. The molecule has 1 unspecified atom stereocenters. The molecule has 0 bridgehead atoms. The summed E-state index contributed by atoms with van der Waals surface area (Å²) in [5.41, 5.74) is 0.677. The number of benzene rings is 1. The molecule has 0 N–H and O–H groups in total. The first-order valence-electron chi connectivity index (χ1n) is 8.86. The highest BCUT2D eigenvalue weighted by molar-refractivity contribution is 7.99. The largest absolute Gasteiger partial charge is 0.469 e. The van der Waals surface area contributed by atoms with Crippen LogP contribution in [0.5, 0.6) is 0 Å². The van der Waals surface area contributed by atoms with Crippen molar-refractivity contribution >= 4 is 33.4 Å². The fourth-order valence-electron chi connectivity index (χ4n) is 3.08. The fraction of sp³-hybridized carbons (Fsp3) is 0.421. The maximum absolute atomic E-state index is 13.1. The molecule has 146 valence electrons. The van der Waals surface area contributed by atoms with Crippen molar-refractivity contribution < 1.29 is 17.6 Å². The minimum Gasteiger partial charge on any atom is -0.469 e. The van der Waals surface area contributed by atoms with Crippen LogP contribution in [0, 0.1) is 0 Å². The summed E-state index contributed by atoms with van der Waals surface area (Å²) in [6, 6.07) is 8.57. The minimum absolute atomic E-state index is 0.0775. The third-order valence-corrected chi connectivity index (χ3v) is 7.87. The lowest BCUT2D eigenvalue weighted by atomic mass is 10.1. The number of carbonyl (C=O) groups is 1. The van der Waals surface area contributed by atoms with Crippen molar-refractivity contribution in [3.05, 3.63) is 42.4 Å². The van der Waals surface area contributed by atoms with Crippen molar-refractivity contribution in [3.63, 3.8) is 0 Å². The Morgan fingerprint density at radius 3 is 2.81 bits per heavy atom. The summed E-state index contributed by atoms with van der Waals surface area (Å²) in [5.74, 6) is 1.57. The lowest BCUT2D eigenvalue weighted by Gasteiger charge is -2.29. The number of fused-ring (bicyclic) bond motifs is 1. The number of furan rings is 1. The highest BCUT2D eigenvalue weighted by atomic mass is 32.2. The van der Waals surface area contributed by atoms with Gasteiger partial charge in [-0.3, -0.25) is 4.79 Å². The van der Waals surface area contributed by atoms with Crippen molar-refractivity contribution in [2.75, 3.05) is 24.2 Å². The van der Waals surface area contributed by atoms with Crippen LogP contribution < -0.4 is 4.90 Å². The summed E-state index contributed by atoms with van der Waals surface area (Å²) in [5, 5.41) is 0. The molecule has 1 amide bonds. The molecule has 0 aliphatic carbocycles. The Hall–Kier alpha value is -1.77. The van der Waals surface area contributed by atoms with E-state index >= 15 is 0 Å². The Balaban J connectivity index is 1.81. The van der Waals surface area contributed by atoms with E-state index in [1.165, 1.54) is 11.2 Å². The monoisotopic (exact) mass is 408 g/mol. The van der Waals surface area contributed by atoms with Crippen LogP contribution in [0.25, 0.3) is 0 Å². The second-order valence-corrected chi connectivity index (χ2v) is 9.77. The number of rotatable bonds is 6. The van der Waals surface area contributed by atoms with Crippen molar-refractivity contribution in [1.29, 1.82) is 0 Å². The highest BCUT2D eigenvalue weighted by Crippen LogP contribution is 2.37. The van der Waals surface area contributed by atoms with Crippen molar-refractivity contribution in [3.8, 4) is 0 Å². The van der Waals surface area contributed by atoms with Crippen LogP contribution in [-0.2, 0) is 21.2 Å². The molecule has 0 fully saturated rings. The number of hydrogen-bond acceptors (Lipinski definition) is 5. The predicted molar refractivity (Wildman–Crippen MR) is 107 cm³/mol. The first-order valence-corrected chi connectivity index (χ1v) is 11.3. The van der Waals surface area contributed by atoms with Crippen molar-refractivity contribution in [1.82, 2.24) is 4.31 Å². The average Bonchev–Trinajstić information content (AvgIpc) is 3.17. The molecular formula is C19H24N2O4S2. The summed E-state index contributed by atoms with van der Waals surface area (Å²) in [4.78, 5) is 14.7. The Kier molecular flexibility index (Phi) is 5.98. The third-order valence-electron chi connectivity index (χ3n) is 4.86. The van der Waals surface area contributed by atoms with Gasteiger partial charge in [0, 0.05) is 43.6 Å². The van der Waals surface area contributed by atoms with Crippen LogP contribution in [0.15, 0.2) is 50.8 Å². The number of sulfonamides is 1. The van der Waals surface area contributed by atoms with Gasteiger partial charge in [0.15, 0.2) is 0 Å². The molecular weight excluding hydrogens is 384 g/mol. The Morgan fingerprint density at radius 2 is 2.15 bits per heavy atom. The molecule has 1 aliphatic rings. The summed E-state index contributed by atoms with van der Waals surface area (Å²) in [6.07, 6.45) is 2.95. The van der Waals surface area contributed by atoms with Gasteiger partial charge in [0.25, 0.3) is 0 Å². The first kappa shape index (κ1) is 20.0. The molecule has 0 saturated carbocycles. The summed E-state index contributed by atoms with van der Waals surface area (Å²) in [7, 11) is -2.06. The topological polar surface area (TPSA) is 70.8 Å². The predicted octanol–water partition coefficient (Wildman–Crippen LogP) is 3.38. The molecule has 1 atom stereocenters. The van der Waals surface area contributed by atoms with E-state index in [-0.39, 0.29) is 16.8 Å². The molecule has 2 heterocycles. The fourth-order valence-corrected chi connectivity index (χ4v) is 5.46. The summed E-state index contributed by atoms with van der Waals surface area (Å²) in [6.45, 7) is 3.98. The SMILES string of the molecule is CC(=O)N1CCSc2ccc(S(=O)(=O)N(C)C(C)CCc3ccco3)cc21. The molecule has 3 rings (SSSR count). The van der Waals surface area contributed by atoms with Gasteiger partial charge in [-0.05, 0) is 43.7 Å². The maximum atomic E-state index is 13.1. The third kappa shape index (κ3) is 4.23. The number of carbonyl (C=O) groups excluding carboxylic acids is 1. The van der Waals surface area contributed by atoms with Crippen LogP contribution in [0.1, 0.15) is 26.0 Å². The van der Waals surface area contributed by atoms with Crippen molar-refractivity contribution in [2.45, 2.75) is 42.5 Å². The van der Waals surface area contributed by atoms with Crippen LogP contribution in [0.2, 0.25) is 0 Å². The molecule has 0 saturated heterocycles. The summed E-state index contributed by atoms with van der Waals surface area (Å²) >= 11 is 1.64. The van der Waals surface area contributed by atoms with Crippen molar-refractivity contribution in [2.24, 2.45) is 0 Å². The number of amides is 1. The van der Waals surface area contributed by atoms with Gasteiger partial charge in [-0.2, -0.15) is 4.31 Å². The van der Waals surface area contributed by atoms with Gasteiger partial charge >= 0.3 is 0 Å². The second kappa shape index (κ2) is 8.08. The smallest absolute Gasteiger partial charge is 0.243 e. The molecule has 1 aromatic carbocycles. The molecule has 27 heavy (non-hydrogen) atoms. The Bertz CT molecular complexity index is 910. The second-order valence-electron chi connectivity index (χ2n) is 6.64. The van der Waals surface area contributed by atoms with Gasteiger partial charge in [-0.25, -0.2) is 8.42 Å². The molecule has 1 aliphatic heterocycles. The van der Waals surface area contributed by atoms with E-state index < -0.39 is 10.0 Å². The quantitative estimate of drug-likeness (QED) is 0.733. The molecule has 0 spiro atoms. The molecule has 0 radical (unpaired) electrons. The van der Waals surface area contributed by atoms with Crippen LogP contribution in [0.4, 0.5) is 5.69 Å². The zero-order chi connectivity index (χ0) is 19.6. The van der Waals surface area contributed by atoms with Gasteiger partial charge in [0.2, 0.25) is 15.9 Å². The first-order chi connectivity index (χ1) is 12.8.